The zero-order valence-corrected chi connectivity index (χ0v) is 19.0. The van der Waals surface area contributed by atoms with E-state index in [0.29, 0.717) is 17.9 Å². The predicted octanol–water partition coefficient (Wildman–Crippen LogP) is 3.61. The van der Waals surface area contributed by atoms with Crippen LogP contribution < -0.4 is 10.6 Å². The van der Waals surface area contributed by atoms with Gasteiger partial charge in [0.2, 0.25) is 5.91 Å². The van der Waals surface area contributed by atoms with Crippen LogP contribution in [0.3, 0.4) is 0 Å². The number of carbonyl (C=O) groups excluding carboxylic acids is 2. The number of amides is 2. The number of hydrogen-bond donors (Lipinski definition) is 2. The summed E-state index contributed by atoms with van der Waals surface area (Å²) in [5.74, 6) is 0.549. The van der Waals surface area contributed by atoms with Crippen molar-refractivity contribution in [3.05, 3.63) is 66.7 Å². The maximum Gasteiger partial charge on any atom is 0.257 e. The van der Waals surface area contributed by atoms with Crippen molar-refractivity contribution < 1.29 is 9.59 Å². The lowest BCUT2D eigenvalue weighted by Crippen LogP contribution is -2.63. The van der Waals surface area contributed by atoms with Crippen LogP contribution in [-0.4, -0.2) is 51.4 Å². The molecule has 6 rings (SSSR count). The second-order valence-corrected chi connectivity index (χ2v) is 9.65. The Morgan fingerprint density at radius 3 is 2.76 bits per heavy atom. The summed E-state index contributed by atoms with van der Waals surface area (Å²) < 4.78 is 1.73. The van der Waals surface area contributed by atoms with E-state index < -0.39 is 0 Å². The summed E-state index contributed by atoms with van der Waals surface area (Å²) in [4.78, 5) is 31.1. The third-order valence-corrected chi connectivity index (χ3v) is 7.24. The number of aromatic nitrogens is 3. The van der Waals surface area contributed by atoms with Crippen LogP contribution in [0.25, 0.3) is 16.3 Å². The third kappa shape index (κ3) is 3.46. The molecule has 8 nitrogen and oxygen atoms in total. The van der Waals surface area contributed by atoms with E-state index in [1.54, 1.807) is 17.8 Å². The fourth-order valence-electron chi connectivity index (χ4n) is 5.60. The molecule has 1 saturated heterocycles. The van der Waals surface area contributed by atoms with Crippen LogP contribution in [0.5, 0.6) is 0 Å². The second kappa shape index (κ2) is 7.83. The number of pyridine rings is 2. The minimum atomic E-state index is 0.0133. The van der Waals surface area contributed by atoms with Crippen molar-refractivity contribution in [2.75, 3.05) is 25.5 Å². The van der Waals surface area contributed by atoms with E-state index >= 15 is 0 Å². The normalized spacial score (nSPS) is 16.9. The summed E-state index contributed by atoms with van der Waals surface area (Å²) in [6.07, 6.45) is 9.80. The monoisotopic (exact) mass is 454 g/mol. The zero-order chi connectivity index (χ0) is 23.3. The van der Waals surface area contributed by atoms with Crippen LogP contribution in [0, 0.1) is 11.3 Å². The number of nitrogens with zero attached hydrogens (tertiary/aromatic N) is 4. The number of hydrogen-bond acceptors (Lipinski definition) is 5. The third-order valence-electron chi connectivity index (χ3n) is 7.24. The molecular weight excluding hydrogens is 428 g/mol. The minimum Gasteiger partial charge on any atom is -0.359 e. The van der Waals surface area contributed by atoms with E-state index in [1.807, 2.05) is 53.8 Å². The van der Waals surface area contributed by atoms with Gasteiger partial charge in [0.25, 0.3) is 5.91 Å². The van der Waals surface area contributed by atoms with E-state index in [2.05, 4.69) is 26.8 Å². The number of fused-ring (bicyclic) bond motifs is 2. The largest absolute Gasteiger partial charge is 0.359 e. The van der Waals surface area contributed by atoms with Gasteiger partial charge in [-0.05, 0) is 30.9 Å². The Kier molecular flexibility index (Phi) is 4.76. The van der Waals surface area contributed by atoms with Gasteiger partial charge in [0.05, 0.1) is 29.2 Å². The van der Waals surface area contributed by atoms with Gasteiger partial charge in [-0.25, -0.2) is 4.52 Å². The molecule has 1 spiro atoms. The number of carbonyl (C=O) groups is 2. The van der Waals surface area contributed by atoms with Crippen LogP contribution >= 0.6 is 0 Å². The highest BCUT2D eigenvalue weighted by atomic mass is 16.2. The Bertz CT molecular complexity index is 1410. The van der Waals surface area contributed by atoms with Crippen LogP contribution in [0.2, 0.25) is 0 Å². The maximum absolute atomic E-state index is 13.3. The van der Waals surface area contributed by atoms with Crippen molar-refractivity contribution in [2.45, 2.75) is 19.3 Å². The molecule has 3 aromatic heterocycles. The number of nitrogens with one attached hydrogen (secondary N) is 2. The van der Waals surface area contributed by atoms with E-state index in [-0.39, 0.29) is 17.2 Å². The van der Waals surface area contributed by atoms with Crippen LogP contribution in [0.4, 0.5) is 11.4 Å². The quantitative estimate of drug-likeness (QED) is 0.481. The van der Waals surface area contributed by atoms with Gasteiger partial charge >= 0.3 is 0 Å². The predicted molar refractivity (Wildman–Crippen MR) is 130 cm³/mol. The molecule has 8 heteroatoms. The standard InChI is InChI=1S/C26H26N6O2/c1-27-24(33)8-17-10-26(11-17)15-31(16-26)25(34)21-13-29-32-7-6-19(9-23(21)32)30-22-14-28-12-18-4-2-3-5-20(18)22/h2-7,9,12-14,17,30H,8,10-11,15-16H2,1H3,(H,27,33). The van der Waals surface area contributed by atoms with Crippen LogP contribution in [-0.2, 0) is 4.79 Å². The van der Waals surface area contributed by atoms with Crippen LogP contribution in [0.15, 0.2) is 61.2 Å². The maximum atomic E-state index is 13.3. The molecule has 1 aliphatic carbocycles. The van der Waals surface area contributed by atoms with Crippen molar-refractivity contribution in [3.63, 3.8) is 0 Å². The average Bonchev–Trinajstić information content (AvgIpc) is 3.22. The fourth-order valence-corrected chi connectivity index (χ4v) is 5.60. The summed E-state index contributed by atoms with van der Waals surface area (Å²) in [6.45, 7) is 1.51. The van der Waals surface area contributed by atoms with E-state index in [4.69, 9.17) is 0 Å². The molecule has 2 aliphatic rings. The molecule has 4 heterocycles. The van der Waals surface area contributed by atoms with Gasteiger partial charge < -0.3 is 15.5 Å². The summed E-state index contributed by atoms with van der Waals surface area (Å²) in [7, 11) is 1.68. The molecule has 1 aliphatic heterocycles. The molecule has 2 amide bonds. The van der Waals surface area contributed by atoms with Gasteiger partial charge in [-0.3, -0.25) is 14.6 Å². The SMILES string of the molecule is CNC(=O)CC1CC2(C1)CN(C(=O)c1cnn3ccc(Nc4cncc5ccccc45)cc13)C2. The molecule has 1 saturated carbocycles. The average molecular weight is 455 g/mol. The van der Waals surface area contributed by atoms with Gasteiger partial charge in [0.1, 0.15) is 0 Å². The Hall–Kier alpha value is -3.94. The van der Waals surface area contributed by atoms with Gasteiger partial charge in [-0.15, -0.1) is 0 Å². The molecule has 172 valence electrons. The first-order valence-electron chi connectivity index (χ1n) is 11.6. The first-order valence-corrected chi connectivity index (χ1v) is 11.6. The summed E-state index contributed by atoms with van der Waals surface area (Å²) in [6, 6.07) is 12.0. The van der Waals surface area contributed by atoms with Crippen molar-refractivity contribution in [1.29, 1.82) is 0 Å². The lowest BCUT2D eigenvalue weighted by atomic mass is 9.57. The molecule has 0 unspecified atom stereocenters. The minimum absolute atomic E-state index is 0.0133. The van der Waals surface area contributed by atoms with E-state index in [1.165, 1.54) is 0 Å². The second-order valence-electron chi connectivity index (χ2n) is 9.65. The Labute approximate surface area is 197 Å². The Balaban J connectivity index is 1.18. The van der Waals surface area contributed by atoms with Crippen LogP contribution in [0.1, 0.15) is 29.6 Å². The van der Waals surface area contributed by atoms with Gasteiger partial charge in [-0.1, -0.05) is 24.3 Å². The number of likely N-dealkylation sites (tertiary alicyclic amines) is 1. The number of rotatable bonds is 5. The van der Waals surface area contributed by atoms with Crippen molar-refractivity contribution >= 4 is 39.5 Å². The molecule has 1 aromatic carbocycles. The molecular formula is C26H26N6O2. The highest BCUT2D eigenvalue weighted by Gasteiger charge is 2.53. The molecule has 0 bridgehead atoms. The molecule has 2 N–H and O–H groups in total. The van der Waals surface area contributed by atoms with E-state index in [9.17, 15) is 9.59 Å². The van der Waals surface area contributed by atoms with Crippen molar-refractivity contribution in [2.24, 2.45) is 11.3 Å². The summed E-state index contributed by atoms with van der Waals surface area (Å²) in [5.41, 5.74) is 3.36. The molecule has 0 atom stereocenters. The first kappa shape index (κ1) is 20.7. The van der Waals surface area contributed by atoms with Crippen molar-refractivity contribution in [3.8, 4) is 0 Å². The number of anilines is 2. The highest BCUT2D eigenvalue weighted by Crippen LogP contribution is 2.53. The van der Waals surface area contributed by atoms with Crippen molar-refractivity contribution in [1.82, 2.24) is 24.8 Å². The van der Waals surface area contributed by atoms with Gasteiger partial charge in [-0.2, -0.15) is 5.10 Å². The first-order chi connectivity index (χ1) is 16.5. The van der Waals surface area contributed by atoms with Gasteiger partial charge in [0.15, 0.2) is 0 Å². The van der Waals surface area contributed by atoms with Gasteiger partial charge in [0, 0.05) is 60.8 Å². The summed E-state index contributed by atoms with van der Waals surface area (Å²) >= 11 is 0. The lowest BCUT2D eigenvalue weighted by Gasteiger charge is -2.59. The Morgan fingerprint density at radius 2 is 1.94 bits per heavy atom. The summed E-state index contributed by atoms with van der Waals surface area (Å²) in [5, 5.41) is 12.7. The lowest BCUT2D eigenvalue weighted by molar-refractivity contribution is -0.127. The topological polar surface area (TPSA) is 91.6 Å². The molecule has 0 radical (unpaired) electrons. The highest BCUT2D eigenvalue weighted by molar-refractivity contribution is 6.02. The van der Waals surface area contributed by atoms with E-state index in [0.717, 1.165) is 53.6 Å². The zero-order valence-electron chi connectivity index (χ0n) is 19.0. The molecule has 34 heavy (non-hydrogen) atoms. The smallest absolute Gasteiger partial charge is 0.257 e. The fraction of sp³-hybridized carbons (Fsp3) is 0.308. The molecule has 2 fully saturated rings. The number of benzene rings is 1. The Morgan fingerprint density at radius 1 is 1.12 bits per heavy atom. The molecule has 4 aromatic rings.